The minimum atomic E-state index is -0.724. The molecule has 4 heterocycles. The summed E-state index contributed by atoms with van der Waals surface area (Å²) in [6.45, 7) is 12.0. The lowest BCUT2D eigenvalue weighted by molar-refractivity contribution is -0.126. The van der Waals surface area contributed by atoms with Gasteiger partial charge in [0, 0.05) is 58.5 Å². The van der Waals surface area contributed by atoms with Crippen molar-refractivity contribution in [2.45, 2.75) is 39.2 Å². The van der Waals surface area contributed by atoms with Crippen molar-refractivity contribution in [1.82, 2.24) is 19.4 Å². The van der Waals surface area contributed by atoms with Gasteiger partial charge in [-0.3, -0.25) is 4.79 Å². The Bertz CT molecular complexity index is 1910. The van der Waals surface area contributed by atoms with E-state index in [0.717, 1.165) is 17.7 Å². The molecule has 4 aromatic rings. The van der Waals surface area contributed by atoms with Gasteiger partial charge in [0.05, 0.1) is 22.3 Å². The Balaban J connectivity index is 1.71. The summed E-state index contributed by atoms with van der Waals surface area (Å²) in [5, 5.41) is 0.324. The van der Waals surface area contributed by atoms with Gasteiger partial charge < -0.3 is 19.6 Å². The van der Waals surface area contributed by atoms with E-state index in [1.807, 2.05) is 49.0 Å². The lowest BCUT2D eigenvalue weighted by Gasteiger charge is -2.40. The third-order valence-corrected chi connectivity index (χ3v) is 9.12. The summed E-state index contributed by atoms with van der Waals surface area (Å²) in [5.74, 6) is -1.20. The highest BCUT2D eigenvalue weighted by Crippen LogP contribution is 2.39. The van der Waals surface area contributed by atoms with Gasteiger partial charge in [0.15, 0.2) is 11.5 Å². The maximum atomic E-state index is 16.4. The molecule has 46 heavy (non-hydrogen) atoms. The van der Waals surface area contributed by atoms with Gasteiger partial charge in [0.25, 0.3) is 0 Å². The number of carbonyl (C=O) groups excluding carboxylic acids is 1. The second-order valence-corrected chi connectivity index (χ2v) is 12.5. The maximum Gasteiger partial charge on any atom is 0.355 e. The second-order valence-electron chi connectivity index (χ2n) is 12.5. The molecule has 0 unspecified atom stereocenters. The summed E-state index contributed by atoms with van der Waals surface area (Å²) < 4.78 is 33.6. The van der Waals surface area contributed by atoms with Crippen LogP contribution >= 0.6 is 0 Å². The van der Waals surface area contributed by atoms with Gasteiger partial charge in [-0.2, -0.15) is 4.98 Å². The molecule has 9 nitrogen and oxygen atoms in total. The smallest absolute Gasteiger partial charge is 0.355 e. The van der Waals surface area contributed by atoms with Crippen molar-refractivity contribution in [3.8, 4) is 16.9 Å². The number of amides is 1. The summed E-state index contributed by atoms with van der Waals surface area (Å²) in [7, 11) is 3.84. The highest BCUT2D eigenvalue weighted by Gasteiger charge is 2.31. The van der Waals surface area contributed by atoms with Crippen LogP contribution in [0.4, 0.5) is 26.0 Å². The van der Waals surface area contributed by atoms with E-state index in [2.05, 4.69) is 30.3 Å². The Kier molecular flexibility index (Phi) is 8.26. The van der Waals surface area contributed by atoms with Crippen LogP contribution in [0.15, 0.2) is 59.9 Å². The van der Waals surface area contributed by atoms with Gasteiger partial charge in [0.2, 0.25) is 5.91 Å². The molecular formula is C35H39F2N7O2. The van der Waals surface area contributed by atoms with Gasteiger partial charge in [-0.15, -0.1) is 0 Å². The Morgan fingerprint density at radius 1 is 0.978 bits per heavy atom. The number of hydrogen-bond donors (Lipinski definition) is 0. The highest BCUT2D eigenvalue weighted by molar-refractivity contribution is 5.93. The van der Waals surface area contributed by atoms with Gasteiger partial charge >= 0.3 is 5.69 Å². The fourth-order valence-electron chi connectivity index (χ4n) is 6.72. The van der Waals surface area contributed by atoms with Crippen LogP contribution < -0.4 is 20.4 Å². The molecule has 1 fully saturated rings. The van der Waals surface area contributed by atoms with Gasteiger partial charge in [0.1, 0.15) is 17.3 Å². The van der Waals surface area contributed by atoms with Crippen LogP contribution in [0.2, 0.25) is 0 Å². The Morgan fingerprint density at radius 3 is 2.37 bits per heavy atom. The van der Waals surface area contributed by atoms with E-state index < -0.39 is 17.3 Å². The molecule has 1 amide bonds. The molecule has 240 valence electrons. The summed E-state index contributed by atoms with van der Waals surface area (Å²) in [6.07, 6.45) is 2.01. The Morgan fingerprint density at radius 2 is 1.67 bits per heavy atom. The lowest BCUT2D eigenvalue weighted by Crippen LogP contribution is -2.54. The predicted molar refractivity (Wildman–Crippen MR) is 179 cm³/mol. The third-order valence-electron chi connectivity index (χ3n) is 9.12. The molecule has 1 atom stereocenters. The fourth-order valence-corrected chi connectivity index (χ4v) is 6.72. The van der Waals surface area contributed by atoms with Crippen molar-refractivity contribution in [3.63, 3.8) is 0 Å². The number of aromatic nitrogens is 3. The number of hydrogen-bond acceptors (Lipinski definition) is 7. The molecule has 0 spiro atoms. The van der Waals surface area contributed by atoms with Crippen LogP contribution in [-0.2, 0) is 4.79 Å². The van der Waals surface area contributed by atoms with E-state index in [0.29, 0.717) is 49.5 Å². The molecule has 0 radical (unpaired) electrons. The average Bonchev–Trinajstić information content (AvgIpc) is 3.03. The van der Waals surface area contributed by atoms with E-state index in [9.17, 15) is 9.59 Å². The van der Waals surface area contributed by atoms with E-state index in [1.54, 1.807) is 17.0 Å². The highest BCUT2D eigenvalue weighted by atomic mass is 19.1. The second kappa shape index (κ2) is 12.2. The summed E-state index contributed by atoms with van der Waals surface area (Å²) in [5.41, 5.74) is 2.31. The van der Waals surface area contributed by atoms with Gasteiger partial charge in [-0.05, 0) is 55.2 Å². The monoisotopic (exact) mass is 627 g/mol. The number of fused-ring (bicyclic) bond motifs is 5. The molecule has 2 aromatic carbocycles. The topological polar surface area (TPSA) is 77.8 Å². The Hall–Kier alpha value is -4.80. The standard InChI is InChI=1S/C35H39F2N7O2/c1-7-29(45)42-17-18-43(22(4)20-42)33-24-19-26(37)31-30-25(36)12-9-13-27(30)40(5)15-10-16-41(6)28-14-8-11-23(21(2)3)32(28)44(34(24)38-31)35(46)39-33/h7-9,11-14,19,21-22H,1,10,15-18,20H2,2-6H3/t22-/m0/s1. The van der Waals surface area contributed by atoms with Crippen molar-refractivity contribution in [3.05, 3.63) is 82.8 Å². The average molecular weight is 628 g/mol. The summed E-state index contributed by atoms with van der Waals surface area (Å²) >= 11 is 0. The van der Waals surface area contributed by atoms with Crippen molar-refractivity contribution < 1.29 is 13.6 Å². The first-order valence-corrected chi connectivity index (χ1v) is 15.7. The van der Waals surface area contributed by atoms with E-state index in [1.165, 1.54) is 22.8 Å². The van der Waals surface area contributed by atoms with Crippen molar-refractivity contribution in [1.29, 1.82) is 0 Å². The number of carbonyl (C=O) groups is 1. The zero-order valence-electron chi connectivity index (χ0n) is 26.9. The van der Waals surface area contributed by atoms with Crippen molar-refractivity contribution in [2.24, 2.45) is 0 Å². The quantitative estimate of drug-likeness (QED) is 0.284. The molecule has 1 saturated heterocycles. The molecule has 2 aliphatic heterocycles. The first-order chi connectivity index (χ1) is 22.0. The summed E-state index contributed by atoms with van der Waals surface area (Å²) in [4.78, 5) is 43.8. The van der Waals surface area contributed by atoms with Crippen molar-refractivity contribution >= 4 is 34.1 Å². The number of pyridine rings is 1. The fraction of sp³-hybridized carbons (Fsp3) is 0.371. The molecule has 0 aliphatic carbocycles. The molecule has 0 N–H and O–H groups in total. The molecule has 2 aliphatic rings. The van der Waals surface area contributed by atoms with E-state index in [4.69, 9.17) is 4.98 Å². The van der Waals surface area contributed by atoms with Crippen LogP contribution in [0.25, 0.3) is 28.0 Å². The largest absolute Gasteiger partial charge is 0.374 e. The minimum Gasteiger partial charge on any atom is -0.374 e. The van der Waals surface area contributed by atoms with Gasteiger partial charge in [-0.25, -0.2) is 23.1 Å². The van der Waals surface area contributed by atoms with Gasteiger partial charge in [-0.1, -0.05) is 38.6 Å². The van der Waals surface area contributed by atoms with Crippen LogP contribution in [-0.4, -0.2) is 78.2 Å². The number of rotatable bonds is 3. The number of piperazine rings is 1. The minimum absolute atomic E-state index is 0.0281. The van der Waals surface area contributed by atoms with Crippen LogP contribution in [0.1, 0.15) is 38.7 Å². The summed E-state index contributed by atoms with van der Waals surface area (Å²) in [6, 6.07) is 11.7. The van der Waals surface area contributed by atoms with Crippen LogP contribution in [0.5, 0.6) is 0 Å². The molecule has 0 saturated carbocycles. The lowest BCUT2D eigenvalue weighted by atomic mass is 9.99. The molecule has 2 aromatic heterocycles. The number of para-hydroxylation sites is 1. The zero-order valence-corrected chi connectivity index (χ0v) is 26.9. The Labute approximate surface area is 267 Å². The molecule has 11 heteroatoms. The number of nitrogens with zero attached hydrogens (tertiary/aromatic N) is 7. The zero-order chi connectivity index (χ0) is 32.9. The number of benzene rings is 2. The molecule has 2 bridgehead atoms. The first-order valence-electron chi connectivity index (χ1n) is 15.7. The molecule has 6 rings (SSSR count). The maximum absolute atomic E-state index is 16.4. The predicted octanol–water partition coefficient (Wildman–Crippen LogP) is 5.35. The molecular weight excluding hydrogens is 588 g/mol. The van der Waals surface area contributed by atoms with Crippen molar-refractivity contribution in [2.75, 3.05) is 61.5 Å². The third kappa shape index (κ3) is 5.27. The van der Waals surface area contributed by atoms with E-state index >= 15 is 8.78 Å². The first kappa shape index (κ1) is 31.2. The number of halogens is 2. The van der Waals surface area contributed by atoms with Crippen LogP contribution in [0, 0.1) is 11.6 Å². The number of anilines is 3. The SMILES string of the molecule is C=CC(=O)N1CCN(c2nc(=O)n3c4nc(c(F)cc24)-c2c(F)cccc2N(C)CCCN(C)c2cccc(C(C)C)c2-3)[C@@H](C)C1. The van der Waals surface area contributed by atoms with E-state index in [-0.39, 0.29) is 40.6 Å². The normalized spacial score (nSPS) is 17.0. The van der Waals surface area contributed by atoms with Crippen LogP contribution in [0.3, 0.4) is 0 Å².